The van der Waals surface area contributed by atoms with Crippen LogP contribution >= 0.6 is 11.3 Å². The molecule has 0 N–H and O–H groups in total. The third-order valence-electron chi connectivity index (χ3n) is 10.1. The zero-order chi connectivity index (χ0) is 32.3. The van der Waals surface area contributed by atoms with Crippen molar-refractivity contribution < 1.29 is 0 Å². The molecule has 2 nitrogen and oxygen atoms in total. The van der Waals surface area contributed by atoms with Crippen LogP contribution in [0.25, 0.3) is 86.2 Å². The standard InChI is InChI=1S/C46H30N2S/c1-2-11-34(40-17-9-18-41-37-14-7-8-19-43(37)49-46(40)41)33(10-1)31-24-20-29(21-25-31)30-22-26-32(27-23-30)42-28-47-44-38-15-5-3-12-35(38)36-13-4-6-16-39(36)45(44)48-42/h1-22,24-26,28H,23,27H2. The van der Waals surface area contributed by atoms with Gasteiger partial charge in [0.2, 0.25) is 0 Å². The Morgan fingerprint density at radius 3 is 1.76 bits per heavy atom. The Morgan fingerprint density at radius 2 is 1.00 bits per heavy atom. The molecule has 0 spiro atoms. The van der Waals surface area contributed by atoms with E-state index in [0.29, 0.717) is 0 Å². The second kappa shape index (κ2) is 11.4. The first kappa shape index (κ1) is 28.1. The largest absolute Gasteiger partial charge is 0.252 e. The molecule has 0 bridgehead atoms. The molecule has 0 saturated carbocycles. The molecule has 230 valence electrons. The first-order valence-electron chi connectivity index (χ1n) is 16.9. The van der Waals surface area contributed by atoms with Crippen LogP contribution in [0.1, 0.15) is 24.1 Å². The summed E-state index contributed by atoms with van der Waals surface area (Å²) in [7, 11) is 0. The molecule has 0 saturated heterocycles. The molecule has 7 aromatic carbocycles. The number of fused-ring (bicyclic) bond motifs is 9. The molecule has 49 heavy (non-hydrogen) atoms. The topological polar surface area (TPSA) is 25.8 Å². The SMILES string of the molecule is C1=C(c2ccc(-c3ccccc3-c3cccc4c3sc3ccccc34)cc2)CCC(c2cnc3c4ccccc4c4ccccc4c3n2)=C1. The summed E-state index contributed by atoms with van der Waals surface area (Å²) >= 11 is 1.89. The average Bonchev–Trinajstić information content (AvgIpc) is 3.57. The van der Waals surface area contributed by atoms with E-state index < -0.39 is 0 Å². The maximum atomic E-state index is 5.23. The highest BCUT2D eigenvalue weighted by molar-refractivity contribution is 7.26. The third kappa shape index (κ3) is 4.62. The summed E-state index contributed by atoms with van der Waals surface area (Å²) in [6.07, 6.45) is 8.37. The van der Waals surface area contributed by atoms with E-state index in [4.69, 9.17) is 9.97 Å². The minimum atomic E-state index is 0.932. The molecular weight excluding hydrogens is 613 g/mol. The lowest BCUT2D eigenvalue weighted by molar-refractivity contribution is 1.05. The van der Waals surface area contributed by atoms with Crippen molar-refractivity contribution in [1.29, 1.82) is 0 Å². The van der Waals surface area contributed by atoms with Crippen molar-refractivity contribution in [3.63, 3.8) is 0 Å². The number of nitrogens with zero attached hydrogens (tertiary/aromatic N) is 2. The van der Waals surface area contributed by atoms with Gasteiger partial charge in [0.05, 0.1) is 22.9 Å². The summed E-state index contributed by atoms with van der Waals surface area (Å²) in [6.45, 7) is 0. The van der Waals surface area contributed by atoms with Gasteiger partial charge in [0.15, 0.2) is 0 Å². The lowest BCUT2D eigenvalue weighted by Gasteiger charge is -2.17. The number of benzene rings is 7. The van der Waals surface area contributed by atoms with Gasteiger partial charge < -0.3 is 0 Å². The average molecular weight is 643 g/mol. The summed E-state index contributed by atoms with van der Waals surface area (Å²) in [4.78, 5) is 10.2. The molecule has 0 unspecified atom stereocenters. The maximum absolute atomic E-state index is 5.23. The van der Waals surface area contributed by atoms with Crippen molar-refractivity contribution in [3.8, 4) is 22.3 Å². The smallest absolute Gasteiger partial charge is 0.0979 e. The van der Waals surface area contributed by atoms with E-state index >= 15 is 0 Å². The monoisotopic (exact) mass is 642 g/mol. The van der Waals surface area contributed by atoms with Crippen LogP contribution in [0.2, 0.25) is 0 Å². The Morgan fingerprint density at radius 1 is 0.429 bits per heavy atom. The van der Waals surface area contributed by atoms with Crippen LogP contribution in [-0.4, -0.2) is 9.97 Å². The Kier molecular flexibility index (Phi) is 6.53. The first-order valence-corrected chi connectivity index (χ1v) is 17.7. The Hall–Kier alpha value is -5.90. The summed E-state index contributed by atoms with van der Waals surface area (Å²) < 4.78 is 2.68. The van der Waals surface area contributed by atoms with Gasteiger partial charge in [0.25, 0.3) is 0 Å². The molecule has 10 rings (SSSR count). The summed E-state index contributed by atoms with van der Waals surface area (Å²) in [5.74, 6) is 0. The minimum Gasteiger partial charge on any atom is -0.252 e. The van der Waals surface area contributed by atoms with E-state index in [9.17, 15) is 0 Å². The van der Waals surface area contributed by atoms with Crippen molar-refractivity contribution in [2.24, 2.45) is 0 Å². The Labute approximate surface area is 288 Å². The van der Waals surface area contributed by atoms with E-state index in [1.165, 1.54) is 69.9 Å². The van der Waals surface area contributed by atoms with Crippen LogP contribution in [0.5, 0.6) is 0 Å². The van der Waals surface area contributed by atoms with Crippen molar-refractivity contribution in [2.45, 2.75) is 12.8 Å². The predicted octanol–water partition coefficient (Wildman–Crippen LogP) is 12.9. The Balaban J connectivity index is 0.982. The molecule has 0 atom stereocenters. The lowest BCUT2D eigenvalue weighted by atomic mass is 9.89. The molecule has 2 heterocycles. The fraction of sp³-hybridized carbons (Fsp3) is 0.0435. The summed E-state index contributed by atoms with van der Waals surface area (Å²) in [5, 5.41) is 7.41. The fourth-order valence-corrected chi connectivity index (χ4v) is 8.89. The third-order valence-corrected chi connectivity index (χ3v) is 11.3. The molecule has 0 amide bonds. The zero-order valence-corrected chi connectivity index (χ0v) is 27.5. The zero-order valence-electron chi connectivity index (χ0n) is 26.7. The van der Waals surface area contributed by atoms with E-state index in [0.717, 1.165) is 40.3 Å². The number of hydrogen-bond acceptors (Lipinski definition) is 3. The molecule has 9 aromatic rings. The van der Waals surface area contributed by atoms with Gasteiger partial charge in [-0.05, 0) is 63.1 Å². The molecule has 0 aliphatic heterocycles. The summed E-state index contributed by atoms with van der Waals surface area (Å²) in [6, 6.07) is 50.5. The normalized spacial score (nSPS) is 13.4. The minimum absolute atomic E-state index is 0.932. The van der Waals surface area contributed by atoms with Crippen LogP contribution < -0.4 is 0 Å². The molecule has 0 radical (unpaired) electrons. The first-order chi connectivity index (χ1) is 24.3. The Bertz CT molecular complexity index is 2780. The van der Waals surface area contributed by atoms with Gasteiger partial charge in [-0.3, -0.25) is 4.98 Å². The molecule has 2 aromatic heterocycles. The second-order valence-corrected chi connectivity index (χ2v) is 13.9. The van der Waals surface area contributed by atoms with Crippen molar-refractivity contribution >= 4 is 75.2 Å². The van der Waals surface area contributed by atoms with Crippen LogP contribution in [0.4, 0.5) is 0 Å². The number of hydrogen-bond donors (Lipinski definition) is 0. The van der Waals surface area contributed by atoms with Gasteiger partial charge >= 0.3 is 0 Å². The van der Waals surface area contributed by atoms with Crippen molar-refractivity contribution in [1.82, 2.24) is 9.97 Å². The van der Waals surface area contributed by atoms with Gasteiger partial charge in [-0.25, -0.2) is 4.98 Å². The van der Waals surface area contributed by atoms with Gasteiger partial charge in [-0.1, -0.05) is 146 Å². The van der Waals surface area contributed by atoms with Gasteiger partial charge in [-0.15, -0.1) is 11.3 Å². The fourth-order valence-electron chi connectivity index (χ4n) is 7.66. The molecular formula is C46H30N2S. The number of allylic oxidation sites excluding steroid dienone is 4. The molecule has 1 aliphatic rings. The van der Waals surface area contributed by atoms with E-state index in [1.54, 1.807) is 0 Å². The van der Waals surface area contributed by atoms with E-state index in [-0.39, 0.29) is 0 Å². The van der Waals surface area contributed by atoms with E-state index in [2.05, 4.69) is 152 Å². The second-order valence-electron chi connectivity index (χ2n) is 12.8. The lowest BCUT2D eigenvalue weighted by Crippen LogP contribution is -1.98. The molecule has 0 fully saturated rings. The van der Waals surface area contributed by atoms with Crippen LogP contribution in [0.15, 0.2) is 158 Å². The van der Waals surface area contributed by atoms with Gasteiger partial charge in [0, 0.05) is 36.5 Å². The molecule has 1 aliphatic carbocycles. The number of aromatic nitrogens is 2. The van der Waals surface area contributed by atoms with Crippen molar-refractivity contribution in [3.05, 3.63) is 169 Å². The molecule has 3 heteroatoms. The summed E-state index contributed by atoms with van der Waals surface area (Å²) in [5.41, 5.74) is 11.8. The highest BCUT2D eigenvalue weighted by atomic mass is 32.1. The van der Waals surface area contributed by atoms with Gasteiger partial charge in [-0.2, -0.15) is 0 Å². The van der Waals surface area contributed by atoms with Crippen LogP contribution in [-0.2, 0) is 0 Å². The quantitative estimate of drug-likeness (QED) is 0.179. The van der Waals surface area contributed by atoms with E-state index in [1.807, 2.05) is 17.5 Å². The number of thiophene rings is 1. The predicted molar refractivity (Wildman–Crippen MR) is 210 cm³/mol. The highest BCUT2D eigenvalue weighted by Gasteiger charge is 2.17. The maximum Gasteiger partial charge on any atom is 0.0979 e. The van der Waals surface area contributed by atoms with Crippen LogP contribution in [0, 0.1) is 0 Å². The van der Waals surface area contributed by atoms with Crippen molar-refractivity contribution in [2.75, 3.05) is 0 Å². The highest BCUT2D eigenvalue weighted by Crippen LogP contribution is 2.43. The van der Waals surface area contributed by atoms with Crippen LogP contribution in [0.3, 0.4) is 0 Å². The van der Waals surface area contributed by atoms with Gasteiger partial charge in [0.1, 0.15) is 0 Å². The number of rotatable bonds is 4.